The standard InChI is InChI=1S/C25H22F3NO4/c1-16(30)29(20-6-4-3-5-7-20)15-21-18(14-23(31)32)10-13-22(33-2)24(21)17-8-11-19(12-9-17)25(26,27)28/h3-13H,14-15H2,1-2H3,(H,31,32). The SMILES string of the molecule is COc1ccc(CC(=O)O)c(CN(C(C)=O)c2ccccc2)c1-c1ccc(C(F)(F)F)cc1. The average molecular weight is 457 g/mol. The summed E-state index contributed by atoms with van der Waals surface area (Å²) in [4.78, 5) is 25.5. The molecular formula is C25H22F3NO4. The van der Waals surface area contributed by atoms with Crippen LogP contribution < -0.4 is 9.64 Å². The molecule has 0 heterocycles. The number of aliphatic carboxylic acids is 1. The van der Waals surface area contributed by atoms with Gasteiger partial charge in [0.2, 0.25) is 5.91 Å². The highest BCUT2D eigenvalue weighted by molar-refractivity contribution is 5.92. The number of rotatable bonds is 7. The first-order chi connectivity index (χ1) is 15.6. The van der Waals surface area contributed by atoms with Gasteiger partial charge in [0.25, 0.3) is 0 Å². The summed E-state index contributed by atoms with van der Waals surface area (Å²) in [6.07, 6.45) is -4.82. The number of ether oxygens (including phenoxy) is 1. The molecule has 33 heavy (non-hydrogen) atoms. The number of carboxylic acid groups (broad SMARTS) is 1. The van der Waals surface area contributed by atoms with Crippen molar-refractivity contribution in [3.05, 3.63) is 83.4 Å². The van der Waals surface area contributed by atoms with E-state index in [9.17, 15) is 27.9 Å². The molecule has 0 aliphatic carbocycles. The second-order valence-corrected chi connectivity index (χ2v) is 7.37. The van der Waals surface area contributed by atoms with Crippen molar-refractivity contribution < 1.29 is 32.6 Å². The Morgan fingerprint density at radius 3 is 2.12 bits per heavy atom. The van der Waals surface area contributed by atoms with Crippen molar-refractivity contribution >= 4 is 17.6 Å². The van der Waals surface area contributed by atoms with E-state index in [-0.39, 0.29) is 18.9 Å². The zero-order chi connectivity index (χ0) is 24.2. The number of para-hydroxylation sites is 1. The van der Waals surface area contributed by atoms with Gasteiger partial charge in [0.15, 0.2) is 0 Å². The van der Waals surface area contributed by atoms with Gasteiger partial charge >= 0.3 is 12.1 Å². The summed E-state index contributed by atoms with van der Waals surface area (Å²) < 4.78 is 44.7. The molecule has 3 aromatic carbocycles. The molecule has 0 atom stereocenters. The Hall–Kier alpha value is -3.81. The summed E-state index contributed by atoms with van der Waals surface area (Å²) >= 11 is 0. The predicted molar refractivity (Wildman–Crippen MR) is 118 cm³/mol. The number of benzene rings is 3. The van der Waals surface area contributed by atoms with E-state index < -0.39 is 17.7 Å². The monoisotopic (exact) mass is 457 g/mol. The zero-order valence-electron chi connectivity index (χ0n) is 18.0. The van der Waals surface area contributed by atoms with Crippen LogP contribution in [0.2, 0.25) is 0 Å². The van der Waals surface area contributed by atoms with E-state index in [1.54, 1.807) is 42.5 Å². The molecular weight excluding hydrogens is 435 g/mol. The van der Waals surface area contributed by atoms with E-state index in [4.69, 9.17) is 4.74 Å². The normalized spacial score (nSPS) is 11.2. The van der Waals surface area contributed by atoms with Gasteiger partial charge < -0.3 is 14.7 Å². The first-order valence-electron chi connectivity index (χ1n) is 10.0. The molecule has 5 nitrogen and oxygen atoms in total. The van der Waals surface area contributed by atoms with Crippen LogP contribution >= 0.6 is 0 Å². The minimum absolute atomic E-state index is 0.00944. The largest absolute Gasteiger partial charge is 0.496 e. The summed E-state index contributed by atoms with van der Waals surface area (Å²) in [6, 6.07) is 16.6. The van der Waals surface area contributed by atoms with Crippen molar-refractivity contribution in [3.63, 3.8) is 0 Å². The maximum Gasteiger partial charge on any atom is 0.416 e. The Balaban J connectivity index is 2.21. The second-order valence-electron chi connectivity index (χ2n) is 7.37. The van der Waals surface area contributed by atoms with Crippen LogP contribution in [0.5, 0.6) is 5.75 Å². The van der Waals surface area contributed by atoms with Gasteiger partial charge in [-0.25, -0.2) is 0 Å². The Kier molecular flexibility index (Phi) is 7.06. The first-order valence-corrected chi connectivity index (χ1v) is 10.0. The number of halogens is 3. The number of alkyl halides is 3. The fourth-order valence-electron chi connectivity index (χ4n) is 3.64. The summed E-state index contributed by atoms with van der Waals surface area (Å²) in [7, 11) is 1.42. The fraction of sp³-hybridized carbons (Fsp3) is 0.200. The smallest absolute Gasteiger partial charge is 0.416 e. The van der Waals surface area contributed by atoms with Gasteiger partial charge in [0, 0.05) is 18.2 Å². The number of carbonyl (C=O) groups is 2. The van der Waals surface area contributed by atoms with Crippen LogP contribution in [0.3, 0.4) is 0 Å². The molecule has 0 aromatic heterocycles. The lowest BCUT2D eigenvalue weighted by Crippen LogP contribution is -2.29. The molecule has 0 aliphatic heterocycles. The quantitative estimate of drug-likeness (QED) is 0.504. The van der Waals surface area contributed by atoms with Gasteiger partial charge in [-0.3, -0.25) is 9.59 Å². The Morgan fingerprint density at radius 2 is 1.61 bits per heavy atom. The van der Waals surface area contributed by atoms with E-state index in [2.05, 4.69) is 0 Å². The van der Waals surface area contributed by atoms with Gasteiger partial charge in [-0.2, -0.15) is 13.2 Å². The highest BCUT2D eigenvalue weighted by Gasteiger charge is 2.30. The Bertz CT molecular complexity index is 1140. The van der Waals surface area contributed by atoms with E-state index in [0.717, 1.165) is 12.1 Å². The lowest BCUT2D eigenvalue weighted by Gasteiger charge is -2.26. The van der Waals surface area contributed by atoms with Crippen LogP contribution in [0.25, 0.3) is 11.1 Å². The van der Waals surface area contributed by atoms with Gasteiger partial charge in [-0.1, -0.05) is 36.4 Å². The number of anilines is 1. The van der Waals surface area contributed by atoms with Gasteiger partial charge in [0.05, 0.1) is 25.6 Å². The van der Waals surface area contributed by atoms with Gasteiger partial charge in [-0.05, 0) is 47.0 Å². The zero-order valence-corrected chi connectivity index (χ0v) is 18.0. The van der Waals surface area contributed by atoms with Gasteiger partial charge in [0.1, 0.15) is 5.75 Å². The number of carbonyl (C=O) groups excluding carboxylic acids is 1. The van der Waals surface area contributed by atoms with Crippen LogP contribution in [-0.2, 0) is 28.7 Å². The van der Waals surface area contributed by atoms with Crippen LogP contribution in [0.15, 0.2) is 66.7 Å². The molecule has 0 fully saturated rings. The van der Waals surface area contributed by atoms with E-state index in [0.29, 0.717) is 33.7 Å². The van der Waals surface area contributed by atoms with E-state index in [1.807, 2.05) is 0 Å². The van der Waals surface area contributed by atoms with Crippen molar-refractivity contribution in [2.45, 2.75) is 26.1 Å². The molecule has 8 heteroatoms. The molecule has 172 valence electrons. The number of carboxylic acids is 1. The molecule has 3 aromatic rings. The minimum Gasteiger partial charge on any atom is -0.496 e. The first kappa shape index (κ1) is 23.8. The predicted octanol–water partition coefficient (Wildman–Crippen LogP) is 5.56. The molecule has 1 N–H and O–H groups in total. The molecule has 0 unspecified atom stereocenters. The van der Waals surface area contributed by atoms with Crippen molar-refractivity contribution in [3.8, 4) is 16.9 Å². The number of methoxy groups -OCH3 is 1. The molecule has 1 amide bonds. The van der Waals surface area contributed by atoms with Gasteiger partial charge in [-0.15, -0.1) is 0 Å². The topological polar surface area (TPSA) is 66.8 Å². The van der Waals surface area contributed by atoms with Crippen molar-refractivity contribution in [2.24, 2.45) is 0 Å². The van der Waals surface area contributed by atoms with E-state index >= 15 is 0 Å². The third-order valence-corrected chi connectivity index (χ3v) is 5.20. The summed E-state index contributed by atoms with van der Waals surface area (Å²) in [5.41, 5.74) is 1.57. The number of nitrogens with zero attached hydrogens (tertiary/aromatic N) is 1. The number of amides is 1. The van der Waals surface area contributed by atoms with E-state index in [1.165, 1.54) is 31.1 Å². The molecule has 0 bridgehead atoms. The third-order valence-electron chi connectivity index (χ3n) is 5.20. The van der Waals surface area contributed by atoms with Crippen molar-refractivity contribution in [1.29, 1.82) is 0 Å². The van der Waals surface area contributed by atoms with Crippen molar-refractivity contribution in [2.75, 3.05) is 12.0 Å². The van der Waals surface area contributed by atoms with Crippen molar-refractivity contribution in [1.82, 2.24) is 0 Å². The molecule has 0 saturated carbocycles. The fourth-order valence-corrected chi connectivity index (χ4v) is 3.64. The maximum absolute atomic E-state index is 13.1. The Morgan fingerprint density at radius 1 is 0.970 bits per heavy atom. The lowest BCUT2D eigenvalue weighted by atomic mass is 9.91. The number of hydrogen-bond donors (Lipinski definition) is 1. The Labute approximate surface area is 189 Å². The van der Waals surface area contributed by atoms with Crippen LogP contribution in [0, 0.1) is 0 Å². The lowest BCUT2D eigenvalue weighted by molar-refractivity contribution is -0.138. The summed E-state index contributed by atoms with van der Waals surface area (Å²) in [5.74, 6) is -0.993. The number of hydrogen-bond acceptors (Lipinski definition) is 3. The van der Waals surface area contributed by atoms with Crippen LogP contribution in [0.1, 0.15) is 23.6 Å². The molecule has 0 radical (unpaired) electrons. The summed E-state index contributed by atoms with van der Waals surface area (Å²) in [6.45, 7) is 1.40. The van der Waals surface area contributed by atoms with Crippen LogP contribution in [-0.4, -0.2) is 24.1 Å². The highest BCUT2D eigenvalue weighted by atomic mass is 19.4. The molecule has 3 rings (SSSR count). The maximum atomic E-state index is 13.1. The molecule has 0 aliphatic rings. The third kappa shape index (κ3) is 5.52. The minimum atomic E-state index is -4.49. The molecule has 0 saturated heterocycles. The average Bonchev–Trinajstić information content (AvgIpc) is 2.77. The second kappa shape index (κ2) is 9.77. The highest BCUT2D eigenvalue weighted by Crippen LogP contribution is 2.39. The molecule has 0 spiro atoms. The summed E-state index contributed by atoms with van der Waals surface area (Å²) in [5, 5.41) is 9.43. The van der Waals surface area contributed by atoms with Crippen LogP contribution in [0.4, 0.5) is 18.9 Å².